The molecule has 154 valence electrons. The molecule has 28 heavy (non-hydrogen) atoms. The molecule has 0 bridgehead atoms. The second-order valence-corrected chi connectivity index (χ2v) is 7.55. The van der Waals surface area contributed by atoms with Crippen LogP contribution in [0.1, 0.15) is 12.0 Å². The number of amides is 1. The molecule has 2 heterocycles. The smallest absolute Gasteiger partial charge is 0.298 e. The summed E-state index contributed by atoms with van der Waals surface area (Å²) >= 11 is 1.49. The summed E-state index contributed by atoms with van der Waals surface area (Å²) in [5.74, 6) is 0.688. The number of aryl methyl sites for hydroxylation is 1. The topological polar surface area (TPSA) is 64.1 Å². The van der Waals surface area contributed by atoms with Crippen molar-refractivity contribution in [3.63, 3.8) is 0 Å². The van der Waals surface area contributed by atoms with Crippen LogP contribution in [-0.4, -0.2) is 63.3 Å². The van der Waals surface area contributed by atoms with Crippen molar-refractivity contribution in [1.29, 1.82) is 0 Å². The number of hydrogen-bond acceptors (Lipinski definition) is 7. The summed E-state index contributed by atoms with van der Waals surface area (Å²) < 4.78 is 17.2. The molecule has 0 fully saturated rings. The summed E-state index contributed by atoms with van der Waals surface area (Å²) in [5.41, 5.74) is 1.88. The molecule has 1 aromatic heterocycles. The zero-order valence-electron chi connectivity index (χ0n) is 16.6. The van der Waals surface area contributed by atoms with Crippen LogP contribution in [-0.2, 0) is 14.3 Å². The third kappa shape index (κ3) is 4.87. The first-order chi connectivity index (χ1) is 13.0. The van der Waals surface area contributed by atoms with Gasteiger partial charge in [0.1, 0.15) is 30.7 Å². The minimum absolute atomic E-state index is 0. The monoisotopic (exact) mass is 427 g/mol. The maximum atomic E-state index is 13.1. The normalized spacial score (nSPS) is 13.4. The van der Waals surface area contributed by atoms with Crippen LogP contribution in [0.2, 0.25) is 0 Å². The SMILES string of the molecule is COc1ccc(C)c2sc(N(CCCN(C)C)C(=O)C3=COCCO3)nc12.Cl. The summed E-state index contributed by atoms with van der Waals surface area (Å²) in [6.07, 6.45) is 2.21. The van der Waals surface area contributed by atoms with Crippen LogP contribution in [0.3, 0.4) is 0 Å². The zero-order valence-corrected chi connectivity index (χ0v) is 18.2. The lowest BCUT2D eigenvalue weighted by atomic mass is 10.2. The van der Waals surface area contributed by atoms with E-state index in [2.05, 4.69) is 4.90 Å². The highest BCUT2D eigenvalue weighted by molar-refractivity contribution is 7.22. The van der Waals surface area contributed by atoms with Crippen molar-refractivity contribution in [2.45, 2.75) is 13.3 Å². The van der Waals surface area contributed by atoms with Crippen LogP contribution >= 0.6 is 23.7 Å². The van der Waals surface area contributed by atoms with Gasteiger partial charge in [0, 0.05) is 6.54 Å². The number of carbonyl (C=O) groups excluding carboxylic acids is 1. The predicted octanol–water partition coefficient (Wildman–Crippen LogP) is 3.21. The Morgan fingerprint density at radius 1 is 1.29 bits per heavy atom. The number of carbonyl (C=O) groups is 1. The van der Waals surface area contributed by atoms with Crippen molar-refractivity contribution in [3.8, 4) is 5.75 Å². The maximum Gasteiger partial charge on any atom is 0.298 e. The Hall–Kier alpha value is -2.03. The number of fused-ring (bicyclic) bond motifs is 1. The molecule has 0 aliphatic carbocycles. The molecule has 0 saturated heterocycles. The van der Waals surface area contributed by atoms with Crippen molar-refractivity contribution >= 4 is 45.0 Å². The Kier molecular flexibility index (Phi) is 7.91. The average Bonchev–Trinajstić information content (AvgIpc) is 3.11. The van der Waals surface area contributed by atoms with Gasteiger partial charge in [0.2, 0.25) is 5.76 Å². The second-order valence-electron chi connectivity index (χ2n) is 6.57. The Balaban J connectivity index is 0.00000280. The van der Waals surface area contributed by atoms with Crippen molar-refractivity contribution in [3.05, 3.63) is 29.7 Å². The minimum atomic E-state index is -0.232. The highest BCUT2D eigenvalue weighted by Crippen LogP contribution is 2.37. The number of nitrogens with zero attached hydrogens (tertiary/aromatic N) is 3. The number of thiazole rings is 1. The molecule has 0 radical (unpaired) electrons. The quantitative estimate of drug-likeness (QED) is 0.676. The fourth-order valence-corrected chi connectivity index (χ4v) is 3.90. The first-order valence-electron chi connectivity index (χ1n) is 8.86. The van der Waals surface area contributed by atoms with E-state index in [9.17, 15) is 4.79 Å². The van der Waals surface area contributed by atoms with Crippen LogP contribution in [0, 0.1) is 6.92 Å². The van der Waals surface area contributed by atoms with Gasteiger partial charge >= 0.3 is 0 Å². The molecule has 7 nitrogen and oxygen atoms in total. The summed E-state index contributed by atoms with van der Waals surface area (Å²) in [6, 6.07) is 3.90. The van der Waals surface area contributed by atoms with E-state index in [0.29, 0.717) is 30.6 Å². The lowest BCUT2D eigenvalue weighted by molar-refractivity contribution is -0.119. The van der Waals surface area contributed by atoms with Crippen molar-refractivity contribution < 1.29 is 19.0 Å². The van der Waals surface area contributed by atoms with Gasteiger partial charge in [-0.25, -0.2) is 4.98 Å². The number of rotatable bonds is 7. The molecular formula is C19H26ClN3O4S. The van der Waals surface area contributed by atoms with E-state index in [1.54, 1.807) is 12.0 Å². The van der Waals surface area contributed by atoms with Crippen molar-refractivity contribution in [2.24, 2.45) is 0 Å². The molecule has 0 spiro atoms. The summed E-state index contributed by atoms with van der Waals surface area (Å²) in [5, 5.41) is 0.636. The fraction of sp³-hybridized carbons (Fsp3) is 0.474. The summed E-state index contributed by atoms with van der Waals surface area (Å²) in [6.45, 7) is 4.26. The van der Waals surface area contributed by atoms with Crippen LogP contribution in [0.4, 0.5) is 5.13 Å². The molecule has 0 saturated carbocycles. The fourth-order valence-electron chi connectivity index (χ4n) is 2.82. The number of anilines is 1. The van der Waals surface area contributed by atoms with Gasteiger partial charge in [-0.2, -0.15) is 0 Å². The molecule has 3 rings (SSSR count). The molecule has 1 amide bonds. The highest BCUT2D eigenvalue weighted by Gasteiger charge is 2.26. The summed E-state index contributed by atoms with van der Waals surface area (Å²) in [7, 11) is 5.65. The summed E-state index contributed by atoms with van der Waals surface area (Å²) in [4.78, 5) is 21.5. The third-order valence-electron chi connectivity index (χ3n) is 4.24. The minimum Gasteiger partial charge on any atom is -0.494 e. The Morgan fingerprint density at radius 2 is 2.07 bits per heavy atom. The number of methoxy groups -OCH3 is 1. The molecule has 1 aromatic carbocycles. The molecular weight excluding hydrogens is 402 g/mol. The van der Waals surface area contributed by atoms with E-state index >= 15 is 0 Å². The van der Waals surface area contributed by atoms with Gasteiger partial charge in [-0.3, -0.25) is 9.69 Å². The van der Waals surface area contributed by atoms with E-state index in [4.69, 9.17) is 19.2 Å². The number of aromatic nitrogens is 1. The van der Waals surface area contributed by atoms with Crippen LogP contribution in [0.5, 0.6) is 5.75 Å². The molecule has 1 aliphatic heterocycles. The van der Waals surface area contributed by atoms with E-state index in [0.717, 1.165) is 28.7 Å². The highest BCUT2D eigenvalue weighted by atomic mass is 35.5. The zero-order chi connectivity index (χ0) is 19.4. The molecule has 0 atom stereocenters. The number of benzene rings is 1. The Morgan fingerprint density at radius 3 is 2.71 bits per heavy atom. The first-order valence-corrected chi connectivity index (χ1v) is 9.68. The first kappa shape index (κ1) is 22.3. The largest absolute Gasteiger partial charge is 0.494 e. The van der Waals surface area contributed by atoms with Crippen LogP contribution in [0.15, 0.2) is 24.2 Å². The number of hydrogen-bond donors (Lipinski definition) is 0. The lowest BCUT2D eigenvalue weighted by Gasteiger charge is -2.23. The van der Waals surface area contributed by atoms with Gasteiger partial charge in [-0.05, 0) is 45.6 Å². The standard InChI is InChI=1S/C19H25N3O4S.ClH/c1-13-6-7-14(24-4)16-17(13)27-19(20-16)22(9-5-8-21(2)3)18(23)15-12-25-10-11-26-15;/h6-7,12H,5,8-11H2,1-4H3;1H. The maximum absolute atomic E-state index is 13.1. The average molecular weight is 428 g/mol. The predicted molar refractivity (Wildman–Crippen MR) is 114 cm³/mol. The van der Waals surface area contributed by atoms with Gasteiger partial charge in [0.15, 0.2) is 5.13 Å². The van der Waals surface area contributed by atoms with Gasteiger partial charge < -0.3 is 19.1 Å². The Labute approximate surface area is 175 Å². The van der Waals surface area contributed by atoms with Crippen molar-refractivity contribution in [2.75, 3.05) is 52.4 Å². The lowest BCUT2D eigenvalue weighted by Crippen LogP contribution is -2.36. The molecule has 2 aromatic rings. The molecule has 0 unspecified atom stereocenters. The van der Waals surface area contributed by atoms with Gasteiger partial charge in [0.25, 0.3) is 5.91 Å². The molecule has 0 N–H and O–H groups in total. The van der Waals surface area contributed by atoms with Gasteiger partial charge in [-0.15, -0.1) is 12.4 Å². The van der Waals surface area contributed by atoms with E-state index in [1.165, 1.54) is 17.6 Å². The number of halogens is 1. The molecule has 9 heteroatoms. The Bertz CT molecular complexity index is 853. The van der Waals surface area contributed by atoms with Gasteiger partial charge in [0.05, 0.1) is 11.8 Å². The van der Waals surface area contributed by atoms with E-state index in [-0.39, 0.29) is 24.1 Å². The number of ether oxygens (including phenoxy) is 3. The van der Waals surface area contributed by atoms with E-state index < -0.39 is 0 Å². The van der Waals surface area contributed by atoms with Crippen LogP contribution in [0.25, 0.3) is 10.2 Å². The van der Waals surface area contributed by atoms with Gasteiger partial charge in [-0.1, -0.05) is 17.4 Å². The third-order valence-corrected chi connectivity index (χ3v) is 5.45. The van der Waals surface area contributed by atoms with E-state index in [1.807, 2.05) is 33.2 Å². The second kappa shape index (κ2) is 9.95. The van der Waals surface area contributed by atoms with Crippen molar-refractivity contribution in [1.82, 2.24) is 9.88 Å². The van der Waals surface area contributed by atoms with Crippen LogP contribution < -0.4 is 9.64 Å². The molecule has 1 aliphatic rings.